The van der Waals surface area contributed by atoms with Crippen LogP contribution in [0.2, 0.25) is 0 Å². The summed E-state index contributed by atoms with van der Waals surface area (Å²) < 4.78 is 5.00. The molecule has 0 saturated heterocycles. The number of benzene rings is 1. The predicted octanol–water partition coefficient (Wildman–Crippen LogP) is 2.26. The molecular weight excluding hydrogens is 164 g/mol. The molecule has 0 radical (unpaired) electrons. The quantitative estimate of drug-likeness (QED) is 0.662. The van der Waals surface area contributed by atoms with Crippen LogP contribution in [0, 0.1) is 11.3 Å². The van der Waals surface area contributed by atoms with E-state index in [0.717, 1.165) is 17.4 Å². The average molecular weight is 172 g/mol. The minimum Gasteiger partial charge on any atom is -0.356 e. The molecule has 1 aromatic carbocycles. The Kier molecular flexibility index (Phi) is 1.75. The lowest BCUT2D eigenvalue weighted by atomic mass is 10.1. The molecular formula is C10H8N2O. The van der Waals surface area contributed by atoms with Gasteiger partial charge >= 0.3 is 0 Å². The minimum atomic E-state index is 0.635. The van der Waals surface area contributed by atoms with Gasteiger partial charge in [0.2, 0.25) is 0 Å². The van der Waals surface area contributed by atoms with Gasteiger partial charge < -0.3 is 4.52 Å². The molecule has 1 heterocycles. The molecule has 0 bridgehead atoms. The molecule has 0 atom stereocenters. The van der Waals surface area contributed by atoms with Crippen LogP contribution >= 0.6 is 0 Å². The molecule has 0 fully saturated rings. The highest BCUT2D eigenvalue weighted by atomic mass is 16.5. The van der Waals surface area contributed by atoms with Gasteiger partial charge in [-0.15, -0.1) is 0 Å². The van der Waals surface area contributed by atoms with Gasteiger partial charge in [0.15, 0.2) is 5.58 Å². The Balaban J connectivity index is 2.79. The van der Waals surface area contributed by atoms with Crippen LogP contribution < -0.4 is 0 Å². The first-order valence-electron chi connectivity index (χ1n) is 4.12. The van der Waals surface area contributed by atoms with Gasteiger partial charge in [0.1, 0.15) is 0 Å². The summed E-state index contributed by atoms with van der Waals surface area (Å²) in [5.74, 6) is 0. The van der Waals surface area contributed by atoms with Gasteiger partial charge in [-0.2, -0.15) is 5.26 Å². The Labute approximate surface area is 75.6 Å². The van der Waals surface area contributed by atoms with Crippen molar-refractivity contribution in [1.82, 2.24) is 5.16 Å². The summed E-state index contributed by atoms with van der Waals surface area (Å²) in [6.07, 6.45) is 2.47. The van der Waals surface area contributed by atoms with E-state index in [0.29, 0.717) is 11.1 Å². The number of hydrogen-bond acceptors (Lipinski definition) is 3. The maximum absolute atomic E-state index is 8.85. The fraction of sp³-hybridized carbons (Fsp3) is 0.200. The Hall–Kier alpha value is -1.82. The van der Waals surface area contributed by atoms with E-state index in [1.54, 1.807) is 6.20 Å². The van der Waals surface area contributed by atoms with Crippen molar-refractivity contribution in [3.63, 3.8) is 0 Å². The molecule has 3 heteroatoms. The summed E-state index contributed by atoms with van der Waals surface area (Å²) in [5, 5.41) is 13.3. The molecule has 2 aromatic rings. The third-order valence-electron chi connectivity index (χ3n) is 2.06. The van der Waals surface area contributed by atoms with Crippen molar-refractivity contribution < 1.29 is 4.52 Å². The highest BCUT2D eigenvalue weighted by Crippen LogP contribution is 2.20. The standard InChI is InChI=1S/C10H8N2O/c1-2-7-3-8(5-11)9-6-12-13-10(9)4-7/h3-4,6H,2H2,1H3. The SMILES string of the molecule is CCc1cc(C#N)c2cnoc2c1. The van der Waals surface area contributed by atoms with Crippen LogP contribution in [0.3, 0.4) is 0 Å². The van der Waals surface area contributed by atoms with Crippen molar-refractivity contribution >= 4 is 11.0 Å². The zero-order chi connectivity index (χ0) is 9.26. The van der Waals surface area contributed by atoms with E-state index in [9.17, 15) is 0 Å². The van der Waals surface area contributed by atoms with Gasteiger partial charge in [0.05, 0.1) is 23.2 Å². The van der Waals surface area contributed by atoms with Crippen molar-refractivity contribution in [3.8, 4) is 6.07 Å². The molecule has 0 aliphatic carbocycles. The second kappa shape index (κ2) is 2.91. The van der Waals surface area contributed by atoms with Crippen LogP contribution in [-0.4, -0.2) is 5.16 Å². The summed E-state index contributed by atoms with van der Waals surface area (Å²) in [4.78, 5) is 0. The summed E-state index contributed by atoms with van der Waals surface area (Å²) in [5.41, 5.74) is 2.42. The number of fused-ring (bicyclic) bond motifs is 1. The molecule has 0 amide bonds. The van der Waals surface area contributed by atoms with Gasteiger partial charge in [-0.05, 0) is 24.1 Å². The number of rotatable bonds is 1. The van der Waals surface area contributed by atoms with Gasteiger partial charge in [0.25, 0.3) is 0 Å². The van der Waals surface area contributed by atoms with Crippen molar-refractivity contribution in [2.45, 2.75) is 13.3 Å². The van der Waals surface area contributed by atoms with Gasteiger partial charge in [0, 0.05) is 0 Å². The number of nitriles is 1. The smallest absolute Gasteiger partial charge is 0.168 e. The van der Waals surface area contributed by atoms with Crippen LogP contribution in [0.5, 0.6) is 0 Å². The van der Waals surface area contributed by atoms with E-state index in [4.69, 9.17) is 9.78 Å². The monoisotopic (exact) mass is 172 g/mol. The highest BCUT2D eigenvalue weighted by Gasteiger charge is 2.05. The number of nitrogens with zero attached hydrogens (tertiary/aromatic N) is 2. The van der Waals surface area contributed by atoms with Crippen LogP contribution in [0.25, 0.3) is 11.0 Å². The van der Waals surface area contributed by atoms with Crippen molar-refractivity contribution in [2.75, 3.05) is 0 Å². The number of aromatic nitrogens is 1. The minimum absolute atomic E-state index is 0.635. The van der Waals surface area contributed by atoms with E-state index < -0.39 is 0 Å². The molecule has 64 valence electrons. The molecule has 0 aliphatic rings. The largest absolute Gasteiger partial charge is 0.356 e. The Bertz CT molecular complexity index is 479. The van der Waals surface area contributed by atoms with E-state index in [-0.39, 0.29) is 0 Å². The lowest BCUT2D eigenvalue weighted by Gasteiger charge is -1.96. The van der Waals surface area contributed by atoms with Crippen molar-refractivity contribution in [1.29, 1.82) is 5.26 Å². The fourth-order valence-corrected chi connectivity index (χ4v) is 1.32. The molecule has 0 unspecified atom stereocenters. The van der Waals surface area contributed by atoms with E-state index in [1.807, 2.05) is 19.1 Å². The fourth-order valence-electron chi connectivity index (χ4n) is 1.32. The van der Waals surface area contributed by atoms with E-state index in [2.05, 4.69) is 11.2 Å². The van der Waals surface area contributed by atoms with Gasteiger partial charge in [-0.1, -0.05) is 12.1 Å². The zero-order valence-corrected chi connectivity index (χ0v) is 7.24. The molecule has 0 spiro atoms. The zero-order valence-electron chi connectivity index (χ0n) is 7.24. The third-order valence-corrected chi connectivity index (χ3v) is 2.06. The Morgan fingerprint density at radius 2 is 2.38 bits per heavy atom. The first-order valence-corrected chi connectivity index (χ1v) is 4.12. The molecule has 1 aromatic heterocycles. The average Bonchev–Trinajstić information content (AvgIpc) is 2.63. The lowest BCUT2D eigenvalue weighted by molar-refractivity contribution is 0.456. The third kappa shape index (κ3) is 1.17. The van der Waals surface area contributed by atoms with Crippen LogP contribution in [-0.2, 0) is 6.42 Å². The molecule has 0 saturated carbocycles. The second-order valence-electron chi connectivity index (χ2n) is 2.85. The predicted molar refractivity (Wildman–Crippen MR) is 48.1 cm³/mol. The Morgan fingerprint density at radius 3 is 3.08 bits per heavy atom. The molecule has 13 heavy (non-hydrogen) atoms. The van der Waals surface area contributed by atoms with Gasteiger partial charge in [-0.25, -0.2) is 0 Å². The van der Waals surface area contributed by atoms with Crippen molar-refractivity contribution in [2.24, 2.45) is 0 Å². The second-order valence-corrected chi connectivity index (χ2v) is 2.85. The summed E-state index contributed by atoms with van der Waals surface area (Å²) in [6, 6.07) is 5.93. The maximum atomic E-state index is 8.85. The van der Waals surface area contributed by atoms with E-state index in [1.165, 1.54) is 0 Å². The van der Waals surface area contributed by atoms with E-state index >= 15 is 0 Å². The lowest BCUT2D eigenvalue weighted by Crippen LogP contribution is -1.83. The maximum Gasteiger partial charge on any atom is 0.168 e. The molecule has 3 nitrogen and oxygen atoms in total. The normalized spacial score (nSPS) is 10.2. The molecule has 0 aliphatic heterocycles. The number of aryl methyl sites for hydroxylation is 1. The number of hydrogen-bond donors (Lipinski definition) is 0. The van der Waals surface area contributed by atoms with Gasteiger partial charge in [-0.3, -0.25) is 0 Å². The molecule has 2 rings (SSSR count). The summed E-state index contributed by atoms with van der Waals surface area (Å²) in [6.45, 7) is 2.04. The van der Waals surface area contributed by atoms with Crippen LogP contribution in [0.4, 0.5) is 0 Å². The summed E-state index contributed by atoms with van der Waals surface area (Å²) in [7, 11) is 0. The Morgan fingerprint density at radius 1 is 1.54 bits per heavy atom. The van der Waals surface area contributed by atoms with Crippen LogP contribution in [0.1, 0.15) is 18.1 Å². The first-order chi connectivity index (χ1) is 6.35. The highest BCUT2D eigenvalue weighted by molar-refractivity contribution is 5.83. The topological polar surface area (TPSA) is 49.8 Å². The molecule has 0 N–H and O–H groups in total. The van der Waals surface area contributed by atoms with Crippen molar-refractivity contribution in [3.05, 3.63) is 29.5 Å². The van der Waals surface area contributed by atoms with Crippen LogP contribution in [0.15, 0.2) is 22.9 Å². The summed E-state index contributed by atoms with van der Waals surface area (Å²) >= 11 is 0. The first kappa shape index (κ1) is 7.81.